The van der Waals surface area contributed by atoms with Crippen molar-refractivity contribution in [2.24, 2.45) is 5.92 Å². The lowest BCUT2D eigenvalue weighted by molar-refractivity contribution is -0.385. The minimum atomic E-state index is -0.461. The summed E-state index contributed by atoms with van der Waals surface area (Å²) in [6, 6.07) is 4.67. The molecule has 0 aromatic heterocycles. The first-order valence-corrected chi connectivity index (χ1v) is 6.54. The lowest BCUT2D eigenvalue weighted by Crippen LogP contribution is -2.06. The topological polar surface area (TPSA) is 69.4 Å². The van der Waals surface area contributed by atoms with Crippen molar-refractivity contribution in [3.05, 3.63) is 33.9 Å². The quantitative estimate of drug-likeness (QED) is 0.560. The Hall–Kier alpha value is -1.91. The lowest BCUT2D eigenvalue weighted by atomic mass is 10.1. The third kappa shape index (κ3) is 3.53. The molecule has 1 fully saturated rings. The Balaban J connectivity index is 2.15. The fourth-order valence-electron chi connectivity index (χ4n) is 1.90. The predicted octanol–water partition coefficient (Wildman–Crippen LogP) is 2.91. The van der Waals surface area contributed by atoms with E-state index in [1.165, 1.54) is 6.07 Å². The van der Waals surface area contributed by atoms with E-state index in [4.69, 9.17) is 4.74 Å². The van der Waals surface area contributed by atoms with Crippen molar-refractivity contribution in [1.29, 1.82) is 0 Å². The van der Waals surface area contributed by atoms with Gasteiger partial charge < -0.3 is 4.74 Å². The van der Waals surface area contributed by atoms with E-state index in [1.807, 2.05) is 6.92 Å². The minimum Gasteiger partial charge on any atom is -0.487 e. The van der Waals surface area contributed by atoms with Crippen LogP contribution >= 0.6 is 0 Å². The van der Waals surface area contributed by atoms with Crippen LogP contribution < -0.4 is 4.74 Å². The van der Waals surface area contributed by atoms with Gasteiger partial charge in [0.15, 0.2) is 5.75 Å². The molecule has 0 aliphatic heterocycles. The molecule has 0 atom stereocenters. The summed E-state index contributed by atoms with van der Waals surface area (Å²) >= 11 is 0. The Labute approximate surface area is 111 Å². The lowest BCUT2D eigenvalue weighted by Gasteiger charge is -2.07. The number of nitro groups is 1. The Morgan fingerprint density at radius 1 is 1.47 bits per heavy atom. The molecule has 0 spiro atoms. The Bertz CT molecular complexity index is 494. The van der Waals surface area contributed by atoms with Gasteiger partial charge in [0.05, 0.1) is 11.5 Å². The highest BCUT2D eigenvalue weighted by Gasteiger charge is 2.29. The molecule has 0 N–H and O–H groups in total. The van der Waals surface area contributed by atoms with Gasteiger partial charge >= 0.3 is 5.69 Å². The molecule has 0 saturated heterocycles. The van der Waals surface area contributed by atoms with Crippen LogP contribution in [0.4, 0.5) is 5.69 Å². The van der Waals surface area contributed by atoms with Crippen molar-refractivity contribution in [1.82, 2.24) is 0 Å². The number of nitrogens with zero attached hydrogens (tertiary/aromatic N) is 1. The van der Waals surface area contributed by atoms with E-state index in [-0.39, 0.29) is 23.1 Å². The number of hydrogen-bond donors (Lipinski definition) is 0. The number of hydrogen-bond acceptors (Lipinski definition) is 4. The van der Waals surface area contributed by atoms with E-state index in [2.05, 4.69) is 0 Å². The molecule has 0 unspecified atom stereocenters. The number of rotatable bonds is 7. The summed E-state index contributed by atoms with van der Waals surface area (Å²) in [6.07, 6.45) is 3.07. The molecule has 0 heterocycles. The molecule has 1 saturated carbocycles. The molecular formula is C14H17NO4. The average molecular weight is 263 g/mol. The minimum absolute atomic E-state index is 0.0453. The maximum Gasteiger partial charge on any atom is 0.310 e. The van der Waals surface area contributed by atoms with Gasteiger partial charge in [0.2, 0.25) is 0 Å². The number of carbonyl (C=O) groups is 1. The Morgan fingerprint density at radius 2 is 2.21 bits per heavy atom. The number of nitro benzene ring substituents is 1. The summed E-state index contributed by atoms with van der Waals surface area (Å²) in [4.78, 5) is 22.2. The van der Waals surface area contributed by atoms with Gasteiger partial charge in [0.1, 0.15) is 5.78 Å². The van der Waals surface area contributed by atoms with Crippen LogP contribution in [0.1, 0.15) is 31.7 Å². The molecule has 1 aromatic carbocycles. The maximum atomic E-state index is 11.7. The van der Waals surface area contributed by atoms with Gasteiger partial charge in [-0.1, -0.05) is 13.0 Å². The first kappa shape index (κ1) is 13.5. The second-order valence-electron chi connectivity index (χ2n) is 4.83. The maximum absolute atomic E-state index is 11.7. The van der Waals surface area contributed by atoms with Crippen LogP contribution in [0.2, 0.25) is 0 Å². The fraction of sp³-hybridized carbons (Fsp3) is 0.500. The molecule has 1 aliphatic carbocycles. The Morgan fingerprint density at radius 3 is 2.79 bits per heavy atom. The zero-order valence-corrected chi connectivity index (χ0v) is 10.9. The van der Waals surface area contributed by atoms with Gasteiger partial charge in [0, 0.05) is 18.4 Å². The van der Waals surface area contributed by atoms with Crippen LogP contribution in [0.15, 0.2) is 18.2 Å². The van der Waals surface area contributed by atoms with Crippen molar-refractivity contribution in [3.8, 4) is 5.75 Å². The normalized spacial score (nSPS) is 14.2. The van der Waals surface area contributed by atoms with Gasteiger partial charge in [-0.15, -0.1) is 0 Å². The highest BCUT2D eigenvalue weighted by molar-refractivity contribution is 5.85. The van der Waals surface area contributed by atoms with Crippen molar-refractivity contribution in [3.63, 3.8) is 0 Å². The van der Waals surface area contributed by atoms with E-state index in [9.17, 15) is 14.9 Å². The molecule has 102 valence electrons. The predicted molar refractivity (Wildman–Crippen MR) is 70.3 cm³/mol. The zero-order chi connectivity index (χ0) is 13.8. The number of ether oxygens (including phenoxy) is 1. The average Bonchev–Trinajstić information content (AvgIpc) is 3.20. The van der Waals surface area contributed by atoms with Crippen LogP contribution in [0.3, 0.4) is 0 Å². The summed E-state index contributed by atoms with van der Waals surface area (Å²) in [7, 11) is 0. The molecule has 1 aromatic rings. The summed E-state index contributed by atoms with van der Waals surface area (Å²) in [5.74, 6) is 0.679. The monoisotopic (exact) mass is 263 g/mol. The van der Waals surface area contributed by atoms with E-state index in [0.717, 1.165) is 24.8 Å². The van der Waals surface area contributed by atoms with E-state index >= 15 is 0 Å². The van der Waals surface area contributed by atoms with Crippen LogP contribution in [0.5, 0.6) is 5.75 Å². The van der Waals surface area contributed by atoms with Crippen LogP contribution in [0, 0.1) is 16.0 Å². The number of carbonyl (C=O) groups excluding carboxylic acids is 1. The third-order valence-corrected chi connectivity index (χ3v) is 3.09. The molecular weight excluding hydrogens is 246 g/mol. The zero-order valence-electron chi connectivity index (χ0n) is 10.9. The standard InChI is InChI=1S/C14H17NO4/c1-2-7-19-14-9-10(3-6-12(14)15(17)18)8-13(16)11-4-5-11/h3,6,9,11H,2,4-5,7-8H2,1H3. The van der Waals surface area contributed by atoms with Gasteiger partial charge in [-0.3, -0.25) is 14.9 Å². The number of ketones is 1. The second-order valence-corrected chi connectivity index (χ2v) is 4.83. The fourth-order valence-corrected chi connectivity index (χ4v) is 1.90. The molecule has 19 heavy (non-hydrogen) atoms. The summed E-state index contributed by atoms with van der Waals surface area (Å²) in [5.41, 5.74) is 0.740. The molecule has 1 aliphatic rings. The third-order valence-electron chi connectivity index (χ3n) is 3.09. The molecule has 0 amide bonds. The smallest absolute Gasteiger partial charge is 0.310 e. The van der Waals surface area contributed by atoms with Crippen molar-refractivity contribution in [2.75, 3.05) is 6.61 Å². The van der Waals surface area contributed by atoms with E-state index < -0.39 is 4.92 Å². The van der Waals surface area contributed by atoms with Crippen LogP contribution in [0.25, 0.3) is 0 Å². The molecule has 0 bridgehead atoms. The first-order valence-electron chi connectivity index (χ1n) is 6.54. The number of benzene rings is 1. The van der Waals surface area contributed by atoms with Crippen LogP contribution in [-0.2, 0) is 11.2 Å². The van der Waals surface area contributed by atoms with Gasteiger partial charge in [-0.25, -0.2) is 0 Å². The highest BCUT2D eigenvalue weighted by Crippen LogP contribution is 2.33. The first-order chi connectivity index (χ1) is 9.11. The SMILES string of the molecule is CCCOc1cc(CC(=O)C2CC2)ccc1[N+](=O)[O-]. The van der Waals surface area contributed by atoms with Gasteiger partial charge in [-0.2, -0.15) is 0 Å². The van der Waals surface area contributed by atoms with Crippen molar-refractivity contribution in [2.45, 2.75) is 32.6 Å². The van der Waals surface area contributed by atoms with Crippen molar-refractivity contribution >= 4 is 11.5 Å². The summed E-state index contributed by atoms with van der Waals surface area (Å²) in [5, 5.41) is 10.9. The largest absolute Gasteiger partial charge is 0.487 e. The van der Waals surface area contributed by atoms with Crippen molar-refractivity contribution < 1.29 is 14.5 Å². The van der Waals surface area contributed by atoms with Gasteiger partial charge in [0.25, 0.3) is 0 Å². The molecule has 0 radical (unpaired) electrons. The second kappa shape index (κ2) is 5.82. The number of Topliss-reactive ketones (excluding diaryl/α,β-unsaturated/α-hetero) is 1. The van der Waals surface area contributed by atoms with E-state index in [1.54, 1.807) is 12.1 Å². The molecule has 5 heteroatoms. The summed E-state index contributed by atoms with van der Waals surface area (Å²) in [6.45, 7) is 2.37. The molecule has 5 nitrogen and oxygen atoms in total. The van der Waals surface area contributed by atoms with Gasteiger partial charge in [-0.05, 0) is 30.9 Å². The van der Waals surface area contributed by atoms with Crippen LogP contribution in [-0.4, -0.2) is 17.3 Å². The molecule has 2 rings (SSSR count). The Kier molecular flexibility index (Phi) is 4.14. The highest BCUT2D eigenvalue weighted by atomic mass is 16.6. The van der Waals surface area contributed by atoms with E-state index in [0.29, 0.717) is 13.0 Å². The summed E-state index contributed by atoms with van der Waals surface area (Å²) < 4.78 is 5.39.